The Kier molecular flexibility index (Phi) is 4.26. The number of hydrogen-bond acceptors (Lipinski definition) is 3. The summed E-state index contributed by atoms with van der Waals surface area (Å²) in [6.45, 7) is 4.03. The molecular weight excluding hydrogens is 319 g/mol. The number of fused-ring (bicyclic) bond motifs is 2. The van der Waals surface area contributed by atoms with Crippen LogP contribution in [0.1, 0.15) is 43.0 Å². The Hall–Kier alpha value is -1.91. The third-order valence-corrected chi connectivity index (χ3v) is 6.34. The van der Waals surface area contributed by atoms with E-state index in [1.54, 1.807) is 12.1 Å². The summed E-state index contributed by atoms with van der Waals surface area (Å²) in [5.74, 6) is 1.43. The number of benzene rings is 1. The molecule has 4 nitrogen and oxygen atoms in total. The Morgan fingerprint density at radius 3 is 2.40 bits per heavy atom. The van der Waals surface area contributed by atoms with Gasteiger partial charge in [0.2, 0.25) is 5.91 Å². The Morgan fingerprint density at radius 1 is 1.08 bits per heavy atom. The normalized spacial score (nSPS) is 28.5. The number of carbonyl (C=O) groups is 2. The third kappa shape index (κ3) is 3.05. The van der Waals surface area contributed by atoms with E-state index in [0.717, 1.165) is 12.3 Å². The summed E-state index contributed by atoms with van der Waals surface area (Å²) in [4.78, 5) is 28.1. The van der Waals surface area contributed by atoms with Gasteiger partial charge >= 0.3 is 0 Å². The number of ketones is 1. The van der Waals surface area contributed by atoms with Crippen LogP contribution in [0, 0.1) is 23.6 Å². The standard InChI is InChI=1S/C20H25FN2O2/c1-13(24)15-4-5-19(18(21)12-15)22-6-8-23(9-7-22)20(25)17-11-14-2-3-16(17)10-14/h4-5,12,14,16-17H,2-3,6-11H2,1H3/t14-,16-,17-/m0/s1. The number of halogens is 1. The highest BCUT2D eigenvalue weighted by Crippen LogP contribution is 2.48. The van der Waals surface area contributed by atoms with E-state index >= 15 is 0 Å². The molecule has 5 heteroatoms. The molecule has 2 saturated carbocycles. The molecule has 1 amide bonds. The quantitative estimate of drug-likeness (QED) is 0.791. The van der Waals surface area contributed by atoms with Gasteiger partial charge in [0.05, 0.1) is 5.69 Å². The lowest BCUT2D eigenvalue weighted by atomic mass is 9.87. The van der Waals surface area contributed by atoms with Crippen LogP contribution in [0.3, 0.4) is 0 Å². The molecule has 0 radical (unpaired) electrons. The van der Waals surface area contributed by atoms with E-state index < -0.39 is 0 Å². The maximum Gasteiger partial charge on any atom is 0.226 e. The number of anilines is 1. The van der Waals surface area contributed by atoms with Crippen LogP contribution in [-0.2, 0) is 4.79 Å². The van der Waals surface area contributed by atoms with Gasteiger partial charge in [-0.05, 0) is 56.2 Å². The van der Waals surface area contributed by atoms with Crippen LogP contribution in [0.25, 0.3) is 0 Å². The number of nitrogens with zero attached hydrogens (tertiary/aromatic N) is 2. The zero-order valence-corrected chi connectivity index (χ0v) is 14.7. The van der Waals surface area contributed by atoms with Gasteiger partial charge in [0.25, 0.3) is 0 Å². The second kappa shape index (κ2) is 6.43. The van der Waals surface area contributed by atoms with Crippen molar-refractivity contribution in [3.8, 4) is 0 Å². The summed E-state index contributed by atoms with van der Waals surface area (Å²) in [5, 5.41) is 0. The van der Waals surface area contributed by atoms with E-state index in [2.05, 4.69) is 0 Å². The highest BCUT2D eigenvalue weighted by atomic mass is 19.1. The van der Waals surface area contributed by atoms with Gasteiger partial charge in [-0.2, -0.15) is 0 Å². The fourth-order valence-corrected chi connectivity index (χ4v) is 4.93. The van der Waals surface area contributed by atoms with Crippen molar-refractivity contribution >= 4 is 17.4 Å². The van der Waals surface area contributed by atoms with Crippen LogP contribution in [0.15, 0.2) is 18.2 Å². The number of piperazine rings is 1. The third-order valence-electron chi connectivity index (χ3n) is 6.34. The van der Waals surface area contributed by atoms with Gasteiger partial charge in [-0.1, -0.05) is 6.42 Å². The van der Waals surface area contributed by atoms with Crippen molar-refractivity contribution in [2.75, 3.05) is 31.1 Å². The first-order chi connectivity index (χ1) is 12.0. The lowest BCUT2D eigenvalue weighted by molar-refractivity contribution is -0.137. The molecule has 134 valence electrons. The molecule has 4 rings (SSSR count). The molecule has 0 N–H and O–H groups in total. The number of carbonyl (C=O) groups excluding carboxylic acids is 2. The maximum atomic E-state index is 14.3. The average Bonchev–Trinajstić information content (AvgIpc) is 3.24. The van der Waals surface area contributed by atoms with Crippen molar-refractivity contribution in [2.24, 2.45) is 17.8 Å². The molecular formula is C20H25FN2O2. The fraction of sp³-hybridized carbons (Fsp3) is 0.600. The van der Waals surface area contributed by atoms with E-state index in [0.29, 0.717) is 49.3 Å². The second-order valence-corrected chi connectivity index (χ2v) is 7.82. The van der Waals surface area contributed by atoms with Crippen LogP contribution < -0.4 is 4.90 Å². The average molecular weight is 344 g/mol. The maximum absolute atomic E-state index is 14.3. The molecule has 1 aromatic carbocycles. The van der Waals surface area contributed by atoms with Gasteiger partial charge in [-0.15, -0.1) is 0 Å². The molecule has 2 bridgehead atoms. The first kappa shape index (κ1) is 16.6. The minimum atomic E-state index is -0.361. The van der Waals surface area contributed by atoms with Crippen LogP contribution in [0.2, 0.25) is 0 Å². The molecule has 25 heavy (non-hydrogen) atoms. The first-order valence-electron chi connectivity index (χ1n) is 9.37. The largest absolute Gasteiger partial charge is 0.366 e. The Labute approximate surface area is 148 Å². The predicted molar refractivity (Wildman–Crippen MR) is 94.1 cm³/mol. The second-order valence-electron chi connectivity index (χ2n) is 7.82. The van der Waals surface area contributed by atoms with Crippen molar-refractivity contribution in [1.82, 2.24) is 4.90 Å². The molecule has 0 spiro atoms. The Bertz CT molecular complexity index is 697. The van der Waals surface area contributed by atoms with Crippen LogP contribution >= 0.6 is 0 Å². The highest BCUT2D eigenvalue weighted by molar-refractivity contribution is 5.94. The number of rotatable bonds is 3. The van der Waals surface area contributed by atoms with Crippen LogP contribution in [0.5, 0.6) is 0 Å². The summed E-state index contributed by atoms with van der Waals surface area (Å²) < 4.78 is 14.3. The molecule has 3 aliphatic rings. The molecule has 1 heterocycles. The summed E-state index contributed by atoms with van der Waals surface area (Å²) in [6, 6.07) is 4.66. The Balaban J connectivity index is 1.38. The van der Waals surface area contributed by atoms with E-state index in [1.165, 1.54) is 32.3 Å². The zero-order chi connectivity index (χ0) is 17.6. The van der Waals surface area contributed by atoms with Gasteiger partial charge in [-0.25, -0.2) is 4.39 Å². The monoisotopic (exact) mass is 344 g/mol. The van der Waals surface area contributed by atoms with Gasteiger partial charge in [0.15, 0.2) is 5.78 Å². The molecule has 0 unspecified atom stereocenters. The summed E-state index contributed by atoms with van der Waals surface area (Å²) in [5.41, 5.74) is 0.920. The van der Waals surface area contributed by atoms with Crippen molar-refractivity contribution in [1.29, 1.82) is 0 Å². The van der Waals surface area contributed by atoms with Crippen molar-refractivity contribution in [2.45, 2.75) is 32.6 Å². The molecule has 1 aliphatic heterocycles. The van der Waals surface area contributed by atoms with E-state index in [4.69, 9.17) is 0 Å². The lowest BCUT2D eigenvalue weighted by Gasteiger charge is -2.38. The molecule has 3 atom stereocenters. The van der Waals surface area contributed by atoms with Crippen molar-refractivity contribution in [3.05, 3.63) is 29.6 Å². The topological polar surface area (TPSA) is 40.6 Å². The number of amides is 1. The zero-order valence-electron chi connectivity index (χ0n) is 14.7. The smallest absolute Gasteiger partial charge is 0.226 e. The van der Waals surface area contributed by atoms with Crippen LogP contribution in [-0.4, -0.2) is 42.8 Å². The molecule has 0 aromatic heterocycles. The van der Waals surface area contributed by atoms with Crippen LogP contribution in [0.4, 0.5) is 10.1 Å². The highest BCUT2D eigenvalue weighted by Gasteiger charge is 2.44. The first-order valence-corrected chi connectivity index (χ1v) is 9.37. The van der Waals surface area contributed by atoms with E-state index in [9.17, 15) is 14.0 Å². The van der Waals surface area contributed by atoms with Gasteiger partial charge in [0, 0.05) is 37.7 Å². The molecule has 1 saturated heterocycles. The van der Waals surface area contributed by atoms with E-state index in [-0.39, 0.29) is 17.5 Å². The number of Topliss-reactive ketones (excluding diaryl/α,β-unsaturated/α-hetero) is 1. The minimum absolute atomic E-state index is 0.133. The Morgan fingerprint density at radius 2 is 1.84 bits per heavy atom. The summed E-state index contributed by atoms with van der Waals surface area (Å²) in [6.07, 6.45) is 4.83. The summed E-state index contributed by atoms with van der Waals surface area (Å²) >= 11 is 0. The van der Waals surface area contributed by atoms with Gasteiger partial charge in [-0.3, -0.25) is 9.59 Å². The molecule has 2 aliphatic carbocycles. The summed E-state index contributed by atoms with van der Waals surface area (Å²) in [7, 11) is 0. The van der Waals surface area contributed by atoms with Gasteiger partial charge < -0.3 is 9.80 Å². The SMILES string of the molecule is CC(=O)c1ccc(N2CCN(C(=O)[C@H]3C[C@H]4CC[C@H]3C4)CC2)c(F)c1. The van der Waals surface area contributed by atoms with E-state index in [1.807, 2.05) is 9.80 Å². The molecule has 3 fully saturated rings. The van der Waals surface area contributed by atoms with Crippen molar-refractivity contribution < 1.29 is 14.0 Å². The van der Waals surface area contributed by atoms with Crippen molar-refractivity contribution in [3.63, 3.8) is 0 Å². The predicted octanol–water partition coefficient (Wildman–Crippen LogP) is 3.11. The number of hydrogen-bond donors (Lipinski definition) is 0. The molecule has 1 aromatic rings. The lowest BCUT2D eigenvalue weighted by Crippen LogP contribution is -2.51. The van der Waals surface area contributed by atoms with Gasteiger partial charge in [0.1, 0.15) is 5.82 Å². The fourth-order valence-electron chi connectivity index (χ4n) is 4.93. The minimum Gasteiger partial charge on any atom is -0.366 e.